The maximum absolute atomic E-state index is 13.2. The summed E-state index contributed by atoms with van der Waals surface area (Å²) in [5.74, 6) is 0.458. The molecule has 0 fully saturated rings. The van der Waals surface area contributed by atoms with E-state index >= 15 is 0 Å². The first kappa shape index (κ1) is 16.6. The zero-order valence-corrected chi connectivity index (χ0v) is 15.2. The average molecular weight is 370 g/mol. The summed E-state index contributed by atoms with van der Waals surface area (Å²) < 4.78 is 28.7. The summed E-state index contributed by atoms with van der Waals surface area (Å²) in [5, 5.41) is 1.22. The van der Waals surface area contributed by atoms with Crippen LogP contribution in [0.2, 0.25) is 0 Å². The van der Waals surface area contributed by atoms with Crippen LogP contribution in [0, 0.1) is 6.92 Å². The van der Waals surface area contributed by atoms with Crippen LogP contribution >= 0.6 is 0 Å². The van der Waals surface area contributed by atoms with Crippen LogP contribution in [-0.2, 0) is 16.9 Å². The van der Waals surface area contributed by atoms with Crippen molar-refractivity contribution in [3.05, 3.63) is 70.3 Å². The largest absolute Gasteiger partial charge is 0.323 e. The summed E-state index contributed by atoms with van der Waals surface area (Å²) in [6.45, 7) is 1.86. The van der Waals surface area contributed by atoms with Crippen LogP contribution in [0.5, 0.6) is 0 Å². The summed E-state index contributed by atoms with van der Waals surface area (Å²) in [7, 11) is -1.38. The van der Waals surface area contributed by atoms with Crippen LogP contribution < -0.4 is 5.56 Å². The number of rotatable bonds is 3. The average Bonchev–Trinajstić information content (AvgIpc) is 3.27. The fraction of sp³-hybridized carbons (Fsp3) is 0.222. The topological polar surface area (TPSA) is 78.9 Å². The van der Waals surface area contributed by atoms with Crippen molar-refractivity contribution in [2.24, 2.45) is 7.05 Å². The van der Waals surface area contributed by atoms with E-state index in [0.717, 1.165) is 11.4 Å². The highest BCUT2D eigenvalue weighted by atomic mass is 32.2. The first-order chi connectivity index (χ1) is 12.4. The van der Waals surface area contributed by atoms with Gasteiger partial charge >= 0.3 is 0 Å². The molecule has 4 rings (SSSR count). The van der Waals surface area contributed by atoms with E-state index in [2.05, 4.69) is 4.98 Å². The third kappa shape index (κ3) is 2.53. The van der Waals surface area contributed by atoms with Crippen molar-refractivity contribution < 1.29 is 8.42 Å². The lowest BCUT2D eigenvalue weighted by Crippen LogP contribution is -2.21. The summed E-state index contributed by atoms with van der Waals surface area (Å²) in [6, 6.07) is 9.01. The maximum Gasteiger partial charge on any atom is 0.282 e. The highest BCUT2D eigenvalue weighted by Crippen LogP contribution is 2.27. The molecule has 0 spiro atoms. The third-order valence-corrected chi connectivity index (χ3v) is 6.09. The lowest BCUT2D eigenvalue weighted by Gasteiger charge is -2.12. The smallest absolute Gasteiger partial charge is 0.282 e. The highest BCUT2D eigenvalue weighted by Gasteiger charge is 2.28. The zero-order chi connectivity index (χ0) is 18.5. The number of hydrogen-bond donors (Lipinski definition) is 0. The van der Waals surface area contributed by atoms with Crippen LogP contribution in [-0.4, -0.2) is 33.1 Å². The van der Waals surface area contributed by atoms with Gasteiger partial charge in [-0.15, -0.1) is 0 Å². The molecule has 8 heteroatoms. The summed E-state index contributed by atoms with van der Waals surface area (Å²) in [5.41, 5.74) is 1.81. The first-order valence-corrected chi connectivity index (χ1v) is 9.89. The van der Waals surface area contributed by atoms with Crippen molar-refractivity contribution in [3.8, 4) is 17.1 Å². The fourth-order valence-electron chi connectivity index (χ4n) is 3.33. The van der Waals surface area contributed by atoms with Crippen molar-refractivity contribution in [1.82, 2.24) is 18.9 Å². The molecule has 0 radical (unpaired) electrons. The molecule has 1 aliphatic heterocycles. The molecular formula is C18H18N4O3S. The van der Waals surface area contributed by atoms with Gasteiger partial charge in [-0.05, 0) is 25.1 Å². The predicted molar refractivity (Wildman–Crippen MR) is 98.9 cm³/mol. The van der Waals surface area contributed by atoms with Crippen molar-refractivity contribution in [3.63, 3.8) is 0 Å². The molecule has 0 amide bonds. The molecule has 7 nitrogen and oxygen atoms in total. The second-order valence-corrected chi connectivity index (χ2v) is 8.25. The molecule has 0 bridgehead atoms. The van der Waals surface area contributed by atoms with Crippen LogP contribution in [0.15, 0.2) is 59.0 Å². The molecule has 0 saturated carbocycles. The van der Waals surface area contributed by atoms with E-state index in [4.69, 9.17) is 0 Å². The van der Waals surface area contributed by atoms with Crippen LogP contribution in [0.1, 0.15) is 11.7 Å². The number of benzene rings is 1. The minimum absolute atomic E-state index is 0.0187. The molecule has 1 aromatic carbocycles. The van der Waals surface area contributed by atoms with E-state index in [1.807, 2.05) is 44.3 Å². The molecule has 1 aliphatic rings. The van der Waals surface area contributed by atoms with E-state index in [1.165, 1.54) is 5.41 Å². The van der Waals surface area contributed by atoms with Crippen LogP contribution in [0.4, 0.5) is 0 Å². The lowest BCUT2D eigenvalue weighted by atomic mass is 10.2. The van der Waals surface area contributed by atoms with Gasteiger partial charge in [0, 0.05) is 30.5 Å². The zero-order valence-electron chi connectivity index (χ0n) is 14.4. The molecule has 1 atom stereocenters. The molecule has 2 aromatic heterocycles. The van der Waals surface area contributed by atoms with E-state index < -0.39 is 9.84 Å². The van der Waals surface area contributed by atoms with Gasteiger partial charge in [0.05, 0.1) is 17.5 Å². The first-order valence-electron chi connectivity index (χ1n) is 8.17. The molecule has 3 aromatic rings. The van der Waals surface area contributed by atoms with Gasteiger partial charge < -0.3 is 4.57 Å². The minimum Gasteiger partial charge on any atom is -0.323 e. The van der Waals surface area contributed by atoms with E-state index in [1.54, 1.807) is 32.4 Å². The van der Waals surface area contributed by atoms with Crippen LogP contribution in [0.25, 0.3) is 17.1 Å². The summed E-state index contributed by atoms with van der Waals surface area (Å²) >= 11 is 0. The fourth-order valence-corrected chi connectivity index (χ4v) is 4.61. The molecule has 26 heavy (non-hydrogen) atoms. The normalized spacial score (nSPS) is 18.5. The minimum atomic E-state index is -3.20. The quantitative estimate of drug-likeness (QED) is 0.705. The predicted octanol–water partition coefficient (Wildman–Crippen LogP) is 1.83. The van der Waals surface area contributed by atoms with Gasteiger partial charge in [-0.25, -0.2) is 18.1 Å². The second-order valence-electron chi connectivity index (χ2n) is 6.32. The number of imidazole rings is 1. The highest BCUT2D eigenvalue weighted by molar-refractivity contribution is 7.94. The van der Waals surface area contributed by atoms with Gasteiger partial charge in [-0.3, -0.25) is 9.48 Å². The Morgan fingerprint density at radius 3 is 2.58 bits per heavy atom. The number of aromatic nitrogens is 4. The maximum atomic E-state index is 13.2. The molecule has 3 heterocycles. The number of allylic oxidation sites excluding steroid dienone is 1. The van der Waals surface area contributed by atoms with Crippen molar-refractivity contribution >= 4 is 9.84 Å². The number of hydrogen-bond acceptors (Lipinski definition) is 4. The molecule has 0 saturated heterocycles. The molecule has 0 N–H and O–H groups in total. The Balaban J connectivity index is 1.88. The van der Waals surface area contributed by atoms with Crippen LogP contribution in [0.3, 0.4) is 0 Å². The van der Waals surface area contributed by atoms with Gasteiger partial charge in [-0.1, -0.05) is 18.2 Å². The lowest BCUT2D eigenvalue weighted by molar-refractivity contribution is 0.593. The van der Waals surface area contributed by atoms with Crippen molar-refractivity contribution in [1.29, 1.82) is 0 Å². The Hall–Kier alpha value is -2.87. The number of para-hydroxylation sites is 1. The Morgan fingerprint density at radius 1 is 1.19 bits per heavy atom. The monoisotopic (exact) mass is 370 g/mol. The molecule has 0 unspecified atom stereocenters. The number of sulfone groups is 1. The standard InChI is InChI=1S/C18H18N4O3S/c1-13-16(18(23)22(20(13)2)14-6-4-3-5-7-14)17-19-9-10-21(17)15-8-11-26(24,25)12-15/h3-11,15H,12H2,1-2H3/t15-/m0/s1. The summed E-state index contributed by atoms with van der Waals surface area (Å²) in [6.07, 6.45) is 4.94. The SMILES string of the molecule is Cc1c(-c2nccn2[C@H]2C=CS(=O)(=O)C2)c(=O)n(-c2ccccc2)n1C. The second kappa shape index (κ2) is 5.84. The Kier molecular flexibility index (Phi) is 3.73. The summed E-state index contributed by atoms with van der Waals surface area (Å²) in [4.78, 5) is 17.5. The van der Waals surface area contributed by atoms with Gasteiger partial charge in [0.25, 0.3) is 5.56 Å². The Bertz CT molecular complexity index is 1170. The van der Waals surface area contributed by atoms with E-state index in [9.17, 15) is 13.2 Å². The van der Waals surface area contributed by atoms with Gasteiger partial charge in [0.1, 0.15) is 11.4 Å². The van der Waals surface area contributed by atoms with E-state index in [-0.39, 0.29) is 17.4 Å². The Labute approximate surface area is 150 Å². The number of nitrogens with zero attached hydrogens (tertiary/aromatic N) is 4. The van der Waals surface area contributed by atoms with Gasteiger partial charge in [0.2, 0.25) is 0 Å². The molecular weight excluding hydrogens is 352 g/mol. The van der Waals surface area contributed by atoms with Gasteiger partial charge in [0.15, 0.2) is 9.84 Å². The molecule has 0 aliphatic carbocycles. The Morgan fingerprint density at radius 2 is 1.92 bits per heavy atom. The van der Waals surface area contributed by atoms with Crippen molar-refractivity contribution in [2.45, 2.75) is 13.0 Å². The third-order valence-electron chi connectivity index (χ3n) is 4.71. The van der Waals surface area contributed by atoms with Crippen molar-refractivity contribution in [2.75, 3.05) is 5.75 Å². The van der Waals surface area contributed by atoms with E-state index in [0.29, 0.717) is 11.4 Å². The molecule has 134 valence electrons. The van der Waals surface area contributed by atoms with Gasteiger partial charge in [-0.2, -0.15) is 0 Å².